The van der Waals surface area contributed by atoms with Gasteiger partial charge >= 0.3 is 0 Å². The number of benzene rings is 1. The van der Waals surface area contributed by atoms with E-state index in [1.54, 1.807) is 29.1 Å². The number of amides is 2. The van der Waals surface area contributed by atoms with Crippen molar-refractivity contribution in [2.45, 2.75) is 12.5 Å². The summed E-state index contributed by atoms with van der Waals surface area (Å²) in [6, 6.07) is 5.49. The maximum absolute atomic E-state index is 12.1. The standard InChI is InChI=1S/C15H15N5O4/c1-20-11-3-2-8(4-9(11)7-17-20)14(15(16)23)18-12(21)5-10-6-13(22)19-24-10/h2-4,6-7,14H,5H2,1H3,(H2,16,23)(H,18,21)(H,19,22). The molecule has 2 amide bonds. The summed E-state index contributed by atoms with van der Waals surface area (Å²) in [5.74, 6) is -1.31. The first-order valence-electron chi connectivity index (χ1n) is 7.09. The molecular formula is C15H15N5O4. The Labute approximate surface area is 136 Å². The number of carbonyl (C=O) groups excluding carboxylic acids is 2. The topological polar surface area (TPSA) is 136 Å². The van der Waals surface area contributed by atoms with Crippen molar-refractivity contribution in [1.82, 2.24) is 20.3 Å². The van der Waals surface area contributed by atoms with Crippen LogP contribution in [0, 0.1) is 0 Å². The van der Waals surface area contributed by atoms with E-state index in [9.17, 15) is 9.59 Å². The van der Waals surface area contributed by atoms with Crippen LogP contribution in [0.3, 0.4) is 0 Å². The number of carbonyl (C=O) groups is 2. The molecular weight excluding hydrogens is 314 g/mol. The Bertz CT molecular complexity index is 914. The molecule has 0 saturated heterocycles. The van der Waals surface area contributed by atoms with E-state index >= 15 is 0 Å². The number of fused-ring (bicyclic) bond motifs is 1. The molecule has 0 aliphatic carbocycles. The molecule has 0 aliphatic heterocycles. The van der Waals surface area contributed by atoms with Gasteiger partial charge in [-0.3, -0.25) is 14.3 Å². The zero-order valence-electron chi connectivity index (χ0n) is 12.8. The van der Waals surface area contributed by atoms with Gasteiger partial charge in [-0.05, 0) is 22.9 Å². The Hall–Kier alpha value is -3.36. The predicted molar refractivity (Wildman–Crippen MR) is 82.7 cm³/mol. The minimum atomic E-state index is -0.987. The Kier molecular flexibility index (Phi) is 3.90. The molecule has 9 heteroatoms. The fourth-order valence-electron chi connectivity index (χ4n) is 2.44. The van der Waals surface area contributed by atoms with Crippen LogP contribution >= 0.6 is 0 Å². The lowest BCUT2D eigenvalue weighted by Crippen LogP contribution is -2.38. The zero-order valence-corrected chi connectivity index (χ0v) is 12.8. The van der Waals surface area contributed by atoms with E-state index in [2.05, 4.69) is 15.6 Å². The van der Waals surface area contributed by atoms with E-state index in [1.807, 2.05) is 7.05 Å². The summed E-state index contributed by atoms with van der Waals surface area (Å²) in [6.45, 7) is 0. The number of aromatic hydroxyl groups is 1. The van der Waals surface area contributed by atoms with E-state index in [4.69, 9.17) is 15.4 Å². The quantitative estimate of drug-likeness (QED) is 0.609. The molecule has 0 fully saturated rings. The average molecular weight is 329 g/mol. The maximum atomic E-state index is 12.1. The third-order valence-electron chi connectivity index (χ3n) is 3.57. The summed E-state index contributed by atoms with van der Waals surface area (Å²) in [5.41, 5.74) is 6.86. The van der Waals surface area contributed by atoms with E-state index < -0.39 is 17.9 Å². The average Bonchev–Trinajstić information content (AvgIpc) is 3.10. The van der Waals surface area contributed by atoms with Gasteiger partial charge in [0.25, 0.3) is 5.88 Å². The number of nitrogens with one attached hydrogen (secondary N) is 1. The molecule has 1 unspecified atom stereocenters. The van der Waals surface area contributed by atoms with Gasteiger partial charge in [-0.2, -0.15) is 5.10 Å². The van der Waals surface area contributed by atoms with Crippen molar-refractivity contribution in [3.05, 3.63) is 41.8 Å². The number of hydrogen-bond acceptors (Lipinski definition) is 6. The summed E-state index contributed by atoms with van der Waals surface area (Å²) in [4.78, 5) is 23.8. The second kappa shape index (κ2) is 6.03. The Morgan fingerprint density at radius 3 is 2.88 bits per heavy atom. The highest BCUT2D eigenvalue weighted by atomic mass is 16.5. The smallest absolute Gasteiger partial charge is 0.251 e. The highest BCUT2D eigenvalue weighted by Crippen LogP contribution is 2.20. The van der Waals surface area contributed by atoms with Crippen LogP contribution in [0.4, 0.5) is 0 Å². The third-order valence-corrected chi connectivity index (χ3v) is 3.57. The summed E-state index contributed by atoms with van der Waals surface area (Å²) in [5, 5.41) is 19.9. The number of nitrogens with two attached hydrogens (primary N) is 1. The Morgan fingerprint density at radius 2 is 2.21 bits per heavy atom. The van der Waals surface area contributed by atoms with Crippen LogP contribution in [0.2, 0.25) is 0 Å². The van der Waals surface area contributed by atoms with Crippen molar-refractivity contribution in [1.29, 1.82) is 0 Å². The van der Waals surface area contributed by atoms with Crippen LogP contribution in [-0.2, 0) is 23.1 Å². The van der Waals surface area contributed by atoms with Crippen molar-refractivity contribution in [2.24, 2.45) is 12.8 Å². The lowest BCUT2D eigenvalue weighted by atomic mass is 10.0. The summed E-state index contributed by atoms with van der Waals surface area (Å²) < 4.78 is 6.46. The second-order valence-corrected chi connectivity index (χ2v) is 5.32. The molecule has 1 aromatic carbocycles. The predicted octanol–water partition coefficient (Wildman–Crippen LogP) is 0.152. The molecule has 9 nitrogen and oxygen atoms in total. The first-order chi connectivity index (χ1) is 11.4. The van der Waals surface area contributed by atoms with Gasteiger partial charge in [0.1, 0.15) is 11.8 Å². The van der Waals surface area contributed by atoms with Crippen molar-refractivity contribution in [3.63, 3.8) is 0 Å². The third kappa shape index (κ3) is 3.05. The molecule has 24 heavy (non-hydrogen) atoms. The van der Waals surface area contributed by atoms with Crippen LogP contribution in [0.5, 0.6) is 5.88 Å². The van der Waals surface area contributed by atoms with Crippen LogP contribution in [-0.4, -0.2) is 31.9 Å². The SMILES string of the molecule is Cn1ncc2cc(C(NC(=O)Cc3cc(O)no3)C(N)=O)ccc21. The van der Waals surface area contributed by atoms with Crippen LogP contribution in [0.15, 0.2) is 35.0 Å². The van der Waals surface area contributed by atoms with Crippen LogP contribution in [0.25, 0.3) is 10.9 Å². The van der Waals surface area contributed by atoms with E-state index in [-0.39, 0.29) is 18.1 Å². The minimum absolute atomic E-state index is 0.174. The monoisotopic (exact) mass is 329 g/mol. The normalized spacial score (nSPS) is 12.2. The fraction of sp³-hybridized carbons (Fsp3) is 0.200. The van der Waals surface area contributed by atoms with Gasteiger partial charge in [0, 0.05) is 18.5 Å². The molecule has 0 spiro atoms. The van der Waals surface area contributed by atoms with Crippen LogP contribution in [0.1, 0.15) is 17.4 Å². The van der Waals surface area contributed by atoms with Gasteiger partial charge in [-0.15, -0.1) is 0 Å². The molecule has 0 bridgehead atoms. The van der Waals surface area contributed by atoms with Gasteiger partial charge in [0.15, 0.2) is 0 Å². The lowest BCUT2D eigenvalue weighted by molar-refractivity contribution is -0.127. The number of nitrogens with zero attached hydrogens (tertiary/aromatic N) is 3. The fourth-order valence-corrected chi connectivity index (χ4v) is 2.44. The van der Waals surface area contributed by atoms with Crippen molar-refractivity contribution in [3.8, 4) is 5.88 Å². The minimum Gasteiger partial charge on any atom is -0.491 e. The highest BCUT2D eigenvalue weighted by Gasteiger charge is 2.22. The number of hydrogen-bond donors (Lipinski definition) is 3. The first kappa shape index (κ1) is 15.5. The Morgan fingerprint density at radius 1 is 1.42 bits per heavy atom. The molecule has 3 aromatic rings. The second-order valence-electron chi connectivity index (χ2n) is 5.32. The van der Waals surface area contributed by atoms with Gasteiger partial charge in [-0.1, -0.05) is 6.07 Å². The Balaban J connectivity index is 1.80. The van der Waals surface area contributed by atoms with Crippen LogP contribution < -0.4 is 11.1 Å². The highest BCUT2D eigenvalue weighted by molar-refractivity contribution is 5.89. The number of aromatic nitrogens is 3. The van der Waals surface area contributed by atoms with Gasteiger partial charge in [0.2, 0.25) is 11.8 Å². The van der Waals surface area contributed by atoms with Crippen molar-refractivity contribution >= 4 is 22.7 Å². The number of rotatable bonds is 5. The zero-order chi connectivity index (χ0) is 17.3. The molecule has 0 aliphatic rings. The number of primary amides is 1. The first-order valence-corrected chi connectivity index (χ1v) is 7.09. The molecule has 2 heterocycles. The summed E-state index contributed by atoms with van der Waals surface area (Å²) in [7, 11) is 1.81. The van der Waals surface area contributed by atoms with E-state index in [0.29, 0.717) is 5.56 Å². The molecule has 0 radical (unpaired) electrons. The van der Waals surface area contributed by atoms with E-state index in [0.717, 1.165) is 10.9 Å². The van der Waals surface area contributed by atoms with Gasteiger partial charge in [0.05, 0.1) is 18.1 Å². The van der Waals surface area contributed by atoms with E-state index in [1.165, 1.54) is 6.07 Å². The molecule has 124 valence electrons. The molecule has 4 N–H and O–H groups in total. The molecule has 1 atom stereocenters. The lowest BCUT2D eigenvalue weighted by Gasteiger charge is -2.15. The van der Waals surface area contributed by atoms with Gasteiger partial charge < -0.3 is 20.7 Å². The van der Waals surface area contributed by atoms with Crippen molar-refractivity contribution < 1.29 is 19.2 Å². The summed E-state index contributed by atoms with van der Waals surface area (Å²) >= 11 is 0. The molecule has 3 rings (SSSR count). The molecule has 2 aromatic heterocycles. The summed E-state index contributed by atoms with van der Waals surface area (Å²) in [6.07, 6.45) is 1.49. The maximum Gasteiger partial charge on any atom is 0.251 e. The van der Waals surface area contributed by atoms with Crippen molar-refractivity contribution in [2.75, 3.05) is 0 Å². The largest absolute Gasteiger partial charge is 0.491 e. The number of aryl methyl sites for hydroxylation is 1. The molecule has 0 saturated carbocycles. The van der Waals surface area contributed by atoms with Gasteiger partial charge in [-0.25, -0.2) is 0 Å².